The molecule has 4 amide bonds. The predicted molar refractivity (Wildman–Crippen MR) is 139 cm³/mol. The Morgan fingerprint density at radius 3 is 1.69 bits per heavy atom. The maximum absolute atomic E-state index is 13.3. The first-order chi connectivity index (χ1) is 18.3. The summed E-state index contributed by atoms with van der Waals surface area (Å²) >= 11 is 0. The number of aromatic hydroxyl groups is 2. The molecule has 2 rings (SSSR count). The number of hydrogen-bond acceptors (Lipinski definition) is 8. The van der Waals surface area contributed by atoms with Gasteiger partial charge in [0.25, 0.3) is 0 Å². The number of primary amides is 1. The smallest absolute Gasteiger partial charge is 0.325 e. The molecular weight excluding hydrogens is 510 g/mol. The number of amides is 4. The number of carboxylic acid groups (broad SMARTS) is 1. The molecule has 0 aliphatic carbocycles. The standard InChI is InChI=1S/C26H33N5O8/c1-14(26(38)39)29-24(36)20(10-11-22(28)34)30-25(37)21(13-16-4-8-18(33)9-5-16)31-23(35)19(27)12-15-2-6-17(32)7-3-15/h2-9,14,19-21,32-33H,10-13,27H2,1H3,(H2,28,34)(H,29,36)(H,30,37)(H,31,35)(H,38,39). The number of hydrogen-bond donors (Lipinski definition) is 8. The molecule has 13 nitrogen and oxygen atoms in total. The lowest BCUT2D eigenvalue weighted by Crippen LogP contribution is -2.57. The molecule has 0 aromatic heterocycles. The van der Waals surface area contributed by atoms with Crippen molar-refractivity contribution in [3.8, 4) is 11.5 Å². The van der Waals surface area contributed by atoms with E-state index in [1.165, 1.54) is 31.2 Å². The quantitative estimate of drug-likeness (QED) is 0.146. The lowest BCUT2D eigenvalue weighted by Gasteiger charge is -2.25. The van der Waals surface area contributed by atoms with E-state index in [4.69, 9.17) is 16.6 Å². The number of nitrogens with two attached hydrogens (primary N) is 2. The van der Waals surface area contributed by atoms with Crippen LogP contribution in [0, 0.1) is 0 Å². The first-order valence-electron chi connectivity index (χ1n) is 12.1. The Balaban J connectivity index is 2.22. The number of rotatable bonds is 14. The molecule has 0 radical (unpaired) electrons. The van der Waals surface area contributed by atoms with Crippen LogP contribution in [-0.4, -0.2) is 69.1 Å². The van der Waals surface area contributed by atoms with Gasteiger partial charge in [0.2, 0.25) is 23.6 Å². The van der Waals surface area contributed by atoms with E-state index in [-0.39, 0.29) is 37.2 Å². The number of aliphatic carboxylic acids is 1. The topological polar surface area (TPSA) is 234 Å². The third-order valence-electron chi connectivity index (χ3n) is 5.78. The molecule has 0 aliphatic heterocycles. The summed E-state index contributed by atoms with van der Waals surface area (Å²) in [6, 6.07) is 7.11. The second-order valence-corrected chi connectivity index (χ2v) is 9.04. The van der Waals surface area contributed by atoms with Crippen LogP contribution in [0.5, 0.6) is 11.5 Å². The zero-order valence-electron chi connectivity index (χ0n) is 21.3. The molecular formula is C26H33N5O8. The molecule has 0 heterocycles. The Morgan fingerprint density at radius 1 is 0.744 bits per heavy atom. The van der Waals surface area contributed by atoms with Crippen molar-refractivity contribution in [1.82, 2.24) is 16.0 Å². The highest BCUT2D eigenvalue weighted by molar-refractivity contribution is 5.94. The Hall–Kier alpha value is -4.65. The van der Waals surface area contributed by atoms with Crippen LogP contribution < -0.4 is 27.4 Å². The van der Waals surface area contributed by atoms with Crippen molar-refractivity contribution in [2.45, 2.75) is 56.8 Å². The fourth-order valence-electron chi connectivity index (χ4n) is 3.54. The Labute approximate surface area is 224 Å². The second kappa shape index (κ2) is 14.3. The second-order valence-electron chi connectivity index (χ2n) is 9.04. The monoisotopic (exact) mass is 543 g/mol. The van der Waals surface area contributed by atoms with Gasteiger partial charge < -0.3 is 42.7 Å². The van der Waals surface area contributed by atoms with Gasteiger partial charge in [0.15, 0.2) is 0 Å². The van der Waals surface area contributed by atoms with Crippen LogP contribution in [0.2, 0.25) is 0 Å². The van der Waals surface area contributed by atoms with Crippen molar-refractivity contribution in [3.63, 3.8) is 0 Å². The number of phenols is 2. The van der Waals surface area contributed by atoms with E-state index >= 15 is 0 Å². The fraction of sp³-hybridized carbons (Fsp3) is 0.346. The van der Waals surface area contributed by atoms with Gasteiger partial charge in [-0.25, -0.2) is 0 Å². The molecule has 0 saturated heterocycles. The van der Waals surface area contributed by atoms with Gasteiger partial charge in [-0.3, -0.25) is 24.0 Å². The van der Waals surface area contributed by atoms with E-state index in [0.29, 0.717) is 11.1 Å². The number of nitrogens with one attached hydrogen (secondary N) is 3. The first kappa shape index (κ1) is 30.6. The van der Waals surface area contributed by atoms with Crippen LogP contribution in [0.15, 0.2) is 48.5 Å². The summed E-state index contributed by atoms with van der Waals surface area (Å²) in [5.41, 5.74) is 12.5. The number of benzene rings is 2. The molecule has 4 atom stereocenters. The van der Waals surface area contributed by atoms with Gasteiger partial charge in [0.05, 0.1) is 6.04 Å². The van der Waals surface area contributed by atoms with Crippen LogP contribution in [0.4, 0.5) is 0 Å². The van der Waals surface area contributed by atoms with Crippen molar-refractivity contribution in [2.24, 2.45) is 11.5 Å². The molecule has 0 spiro atoms. The van der Waals surface area contributed by atoms with E-state index < -0.39 is 53.8 Å². The van der Waals surface area contributed by atoms with Crippen molar-refractivity contribution < 1.29 is 39.3 Å². The summed E-state index contributed by atoms with van der Waals surface area (Å²) in [4.78, 5) is 61.4. The van der Waals surface area contributed by atoms with Gasteiger partial charge in [-0.05, 0) is 55.2 Å². The molecule has 0 bridgehead atoms. The minimum absolute atomic E-state index is 0.00422. The Morgan fingerprint density at radius 2 is 1.21 bits per heavy atom. The number of phenolic OH excluding ortho intramolecular Hbond substituents is 2. The largest absolute Gasteiger partial charge is 0.508 e. The SMILES string of the molecule is CC(NC(=O)C(CCC(N)=O)NC(=O)C(Cc1ccc(O)cc1)NC(=O)C(N)Cc1ccc(O)cc1)C(=O)O. The average molecular weight is 544 g/mol. The molecule has 0 fully saturated rings. The highest BCUT2D eigenvalue weighted by Gasteiger charge is 2.30. The molecule has 4 unspecified atom stereocenters. The van der Waals surface area contributed by atoms with Crippen molar-refractivity contribution in [2.75, 3.05) is 0 Å². The van der Waals surface area contributed by atoms with E-state index in [0.717, 1.165) is 0 Å². The lowest BCUT2D eigenvalue weighted by molar-refractivity contribution is -0.142. The van der Waals surface area contributed by atoms with Crippen molar-refractivity contribution >= 4 is 29.6 Å². The highest BCUT2D eigenvalue weighted by Crippen LogP contribution is 2.13. The van der Waals surface area contributed by atoms with E-state index in [9.17, 15) is 34.2 Å². The van der Waals surface area contributed by atoms with Crippen molar-refractivity contribution in [1.29, 1.82) is 0 Å². The third kappa shape index (κ3) is 10.3. The lowest BCUT2D eigenvalue weighted by atomic mass is 10.0. The van der Waals surface area contributed by atoms with Crippen LogP contribution in [0.3, 0.4) is 0 Å². The van der Waals surface area contributed by atoms with Crippen LogP contribution in [0.1, 0.15) is 30.9 Å². The minimum Gasteiger partial charge on any atom is -0.508 e. The first-order valence-corrected chi connectivity index (χ1v) is 12.1. The van der Waals surface area contributed by atoms with Crippen LogP contribution >= 0.6 is 0 Å². The molecule has 2 aromatic carbocycles. The number of carboxylic acids is 1. The van der Waals surface area contributed by atoms with E-state index in [1.807, 2.05) is 0 Å². The molecule has 0 aliphatic rings. The van der Waals surface area contributed by atoms with Crippen LogP contribution in [-0.2, 0) is 36.8 Å². The minimum atomic E-state index is -1.32. The molecule has 2 aromatic rings. The third-order valence-corrected chi connectivity index (χ3v) is 5.78. The summed E-state index contributed by atoms with van der Waals surface area (Å²) in [5, 5.41) is 35.4. The van der Waals surface area contributed by atoms with E-state index in [1.54, 1.807) is 24.3 Å². The van der Waals surface area contributed by atoms with Gasteiger partial charge in [-0.1, -0.05) is 24.3 Å². The number of carbonyl (C=O) groups is 5. The molecule has 39 heavy (non-hydrogen) atoms. The average Bonchev–Trinajstić information content (AvgIpc) is 2.88. The summed E-state index contributed by atoms with van der Waals surface area (Å²) in [6.07, 6.45) is -0.415. The maximum atomic E-state index is 13.3. The zero-order chi connectivity index (χ0) is 29.1. The summed E-state index contributed by atoms with van der Waals surface area (Å²) < 4.78 is 0. The van der Waals surface area contributed by atoms with Crippen molar-refractivity contribution in [3.05, 3.63) is 59.7 Å². The van der Waals surface area contributed by atoms with Gasteiger partial charge in [-0.15, -0.1) is 0 Å². The normalized spacial score (nSPS) is 13.8. The molecule has 210 valence electrons. The van der Waals surface area contributed by atoms with Gasteiger partial charge in [0.1, 0.15) is 29.6 Å². The fourth-order valence-corrected chi connectivity index (χ4v) is 3.54. The van der Waals surface area contributed by atoms with Gasteiger partial charge >= 0.3 is 5.97 Å². The molecule has 13 heteroatoms. The molecule has 0 saturated carbocycles. The maximum Gasteiger partial charge on any atom is 0.325 e. The molecule has 10 N–H and O–H groups in total. The zero-order valence-corrected chi connectivity index (χ0v) is 21.3. The predicted octanol–water partition coefficient (Wildman–Crippen LogP) is -0.965. The van der Waals surface area contributed by atoms with Gasteiger partial charge in [0, 0.05) is 12.8 Å². The van der Waals surface area contributed by atoms with E-state index in [2.05, 4.69) is 16.0 Å². The Kier molecular flexibility index (Phi) is 11.2. The summed E-state index contributed by atoms with van der Waals surface area (Å²) in [6.45, 7) is 1.23. The summed E-state index contributed by atoms with van der Waals surface area (Å²) in [5.74, 6) is -4.30. The Bertz CT molecular complexity index is 1170. The van der Waals surface area contributed by atoms with Crippen LogP contribution in [0.25, 0.3) is 0 Å². The highest BCUT2D eigenvalue weighted by atomic mass is 16.4. The summed E-state index contributed by atoms with van der Waals surface area (Å²) in [7, 11) is 0. The number of carbonyl (C=O) groups excluding carboxylic acids is 4. The van der Waals surface area contributed by atoms with Gasteiger partial charge in [-0.2, -0.15) is 0 Å².